The Labute approximate surface area is 146 Å². The molecule has 1 saturated carbocycles. The SMILES string of the molecule is Cc1nn(C)c(C)c1NC(=O)CN1CCC[C@H]1c1noc(C2CC2)n1. The molecule has 0 radical (unpaired) electrons. The molecule has 2 aromatic heterocycles. The van der Waals surface area contributed by atoms with Crippen molar-refractivity contribution in [3.63, 3.8) is 0 Å². The molecular formula is C17H24N6O2. The maximum atomic E-state index is 12.5. The number of carbonyl (C=O) groups is 1. The summed E-state index contributed by atoms with van der Waals surface area (Å²) in [6, 6.07) is 0.0677. The summed E-state index contributed by atoms with van der Waals surface area (Å²) in [5.41, 5.74) is 2.59. The number of amides is 1. The number of nitrogens with zero attached hydrogens (tertiary/aromatic N) is 5. The maximum absolute atomic E-state index is 12.5. The summed E-state index contributed by atoms with van der Waals surface area (Å²) in [4.78, 5) is 19.2. The molecule has 1 aliphatic heterocycles. The second kappa shape index (κ2) is 6.25. The molecule has 134 valence electrons. The largest absolute Gasteiger partial charge is 0.339 e. The molecule has 25 heavy (non-hydrogen) atoms. The summed E-state index contributed by atoms with van der Waals surface area (Å²) >= 11 is 0. The number of carbonyl (C=O) groups excluding carboxylic acids is 1. The predicted octanol–water partition coefficient (Wildman–Crippen LogP) is 2.07. The number of aryl methyl sites for hydroxylation is 2. The van der Waals surface area contributed by atoms with Crippen molar-refractivity contribution >= 4 is 11.6 Å². The van der Waals surface area contributed by atoms with Crippen LogP contribution in [0.1, 0.15) is 60.7 Å². The lowest BCUT2D eigenvalue weighted by Gasteiger charge is -2.21. The van der Waals surface area contributed by atoms with Gasteiger partial charge in [0.15, 0.2) is 5.82 Å². The van der Waals surface area contributed by atoms with Crippen LogP contribution in [0.5, 0.6) is 0 Å². The van der Waals surface area contributed by atoms with E-state index < -0.39 is 0 Å². The quantitative estimate of drug-likeness (QED) is 0.893. The van der Waals surface area contributed by atoms with Gasteiger partial charge in [-0.25, -0.2) is 0 Å². The molecule has 2 aliphatic rings. The predicted molar refractivity (Wildman–Crippen MR) is 91.1 cm³/mol. The third-order valence-electron chi connectivity index (χ3n) is 5.17. The van der Waals surface area contributed by atoms with Gasteiger partial charge in [-0.15, -0.1) is 0 Å². The summed E-state index contributed by atoms with van der Waals surface area (Å²) < 4.78 is 7.16. The number of aromatic nitrogens is 4. The summed E-state index contributed by atoms with van der Waals surface area (Å²) in [7, 11) is 1.88. The molecule has 0 spiro atoms. The minimum atomic E-state index is -0.0305. The smallest absolute Gasteiger partial charge is 0.238 e. The highest BCUT2D eigenvalue weighted by Crippen LogP contribution is 2.40. The third kappa shape index (κ3) is 3.18. The molecule has 1 aliphatic carbocycles. The first-order valence-electron chi connectivity index (χ1n) is 8.90. The normalized spacial score (nSPS) is 21.0. The number of anilines is 1. The molecular weight excluding hydrogens is 320 g/mol. The van der Waals surface area contributed by atoms with E-state index in [0.29, 0.717) is 12.5 Å². The highest BCUT2D eigenvalue weighted by atomic mass is 16.5. The molecule has 0 unspecified atom stereocenters. The van der Waals surface area contributed by atoms with E-state index in [0.717, 1.165) is 61.0 Å². The van der Waals surface area contributed by atoms with Crippen LogP contribution in [0.15, 0.2) is 4.52 Å². The topological polar surface area (TPSA) is 89.1 Å². The van der Waals surface area contributed by atoms with Crippen molar-refractivity contribution in [2.24, 2.45) is 7.05 Å². The second-order valence-corrected chi connectivity index (χ2v) is 7.11. The monoisotopic (exact) mass is 344 g/mol. The fourth-order valence-corrected chi connectivity index (χ4v) is 3.50. The molecule has 0 aromatic carbocycles. The van der Waals surface area contributed by atoms with Gasteiger partial charge < -0.3 is 9.84 Å². The van der Waals surface area contributed by atoms with Crippen molar-refractivity contribution in [3.05, 3.63) is 23.1 Å². The Balaban J connectivity index is 1.42. The van der Waals surface area contributed by atoms with E-state index in [2.05, 4.69) is 25.5 Å². The van der Waals surface area contributed by atoms with Crippen molar-refractivity contribution in [1.82, 2.24) is 24.8 Å². The first-order chi connectivity index (χ1) is 12.0. The van der Waals surface area contributed by atoms with Crippen molar-refractivity contribution < 1.29 is 9.32 Å². The molecule has 1 saturated heterocycles. The molecule has 1 atom stereocenters. The van der Waals surface area contributed by atoms with Gasteiger partial charge in [0.2, 0.25) is 11.8 Å². The van der Waals surface area contributed by atoms with Crippen molar-refractivity contribution in [3.8, 4) is 0 Å². The first-order valence-corrected chi connectivity index (χ1v) is 8.90. The number of rotatable bonds is 5. The highest BCUT2D eigenvalue weighted by molar-refractivity contribution is 5.93. The Hall–Kier alpha value is -2.22. The van der Waals surface area contributed by atoms with Crippen LogP contribution in [0.4, 0.5) is 5.69 Å². The Bertz CT molecular complexity index is 791. The van der Waals surface area contributed by atoms with E-state index >= 15 is 0 Å². The van der Waals surface area contributed by atoms with Crippen LogP contribution >= 0.6 is 0 Å². The van der Waals surface area contributed by atoms with E-state index in [1.165, 1.54) is 0 Å². The van der Waals surface area contributed by atoms with Crippen LogP contribution in [0, 0.1) is 13.8 Å². The van der Waals surface area contributed by atoms with Gasteiger partial charge >= 0.3 is 0 Å². The zero-order valence-electron chi connectivity index (χ0n) is 14.9. The van der Waals surface area contributed by atoms with Gasteiger partial charge in [0.25, 0.3) is 0 Å². The number of nitrogens with one attached hydrogen (secondary N) is 1. The van der Waals surface area contributed by atoms with Gasteiger partial charge in [0.05, 0.1) is 29.7 Å². The van der Waals surface area contributed by atoms with E-state index in [9.17, 15) is 4.79 Å². The van der Waals surface area contributed by atoms with Gasteiger partial charge in [-0.05, 0) is 46.1 Å². The minimum absolute atomic E-state index is 0.0305. The van der Waals surface area contributed by atoms with Crippen molar-refractivity contribution in [1.29, 1.82) is 0 Å². The summed E-state index contributed by atoms with van der Waals surface area (Å²) in [6.45, 7) is 5.05. The van der Waals surface area contributed by atoms with Crippen LogP contribution in [-0.2, 0) is 11.8 Å². The number of likely N-dealkylation sites (tertiary alicyclic amines) is 1. The van der Waals surface area contributed by atoms with Gasteiger partial charge in [0, 0.05) is 13.0 Å². The molecule has 2 fully saturated rings. The lowest BCUT2D eigenvalue weighted by Crippen LogP contribution is -2.33. The van der Waals surface area contributed by atoms with Crippen molar-refractivity contribution in [2.45, 2.75) is 51.5 Å². The third-order valence-corrected chi connectivity index (χ3v) is 5.17. The summed E-state index contributed by atoms with van der Waals surface area (Å²) in [6.07, 6.45) is 4.28. The lowest BCUT2D eigenvalue weighted by molar-refractivity contribution is -0.117. The number of hydrogen-bond acceptors (Lipinski definition) is 6. The fraction of sp³-hybridized carbons (Fsp3) is 0.647. The Morgan fingerprint density at radius 2 is 2.12 bits per heavy atom. The molecule has 8 nitrogen and oxygen atoms in total. The fourth-order valence-electron chi connectivity index (χ4n) is 3.50. The van der Waals surface area contributed by atoms with Crippen LogP contribution < -0.4 is 5.32 Å². The van der Waals surface area contributed by atoms with Crippen LogP contribution in [0.3, 0.4) is 0 Å². The average molecular weight is 344 g/mol. The second-order valence-electron chi connectivity index (χ2n) is 7.11. The highest BCUT2D eigenvalue weighted by Gasteiger charge is 2.34. The Morgan fingerprint density at radius 3 is 2.80 bits per heavy atom. The van der Waals surface area contributed by atoms with E-state index in [-0.39, 0.29) is 11.9 Å². The average Bonchev–Trinajstić information content (AvgIpc) is 3.04. The van der Waals surface area contributed by atoms with E-state index in [1.807, 2.05) is 20.9 Å². The Kier molecular flexibility index (Phi) is 4.07. The molecule has 2 aromatic rings. The van der Waals surface area contributed by atoms with E-state index in [1.54, 1.807) is 4.68 Å². The van der Waals surface area contributed by atoms with Crippen LogP contribution in [0.2, 0.25) is 0 Å². The summed E-state index contributed by atoms with van der Waals surface area (Å²) in [5.74, 6) is 1.90. The molecule has 1 N–H and O–H groups in total. The zero-order chi connectivity index (χ0) is 17.6. The van der Waals surface area contributed by atoms with Gasteiger partial charge in [0.1, 0.15) is 0 Å². The van der Waals surface area contributed by atoms with Gasteiger partial charge in [-0.1, -0.05) is 5.16 Å². The molecule has 4 rings (SSSR count). The molecule has 3 heterocycles. The standard InChI is InChI=1S/C17H24N6O2/c1-10-15(11(2)22(3)20-10)18-14(24)9-23-8-4-5-13(23)16-19-17(25-21-16)12-6-7-12/h12-13H,4-9H2,1-3H3,(H,18,24)/t13-/m0/s1. The summed E-state index contributed by atoms with van der Waals surface area (Å²) in [5, 5.41) is 11.5. The van der Waals surface area contributed by atoms with Crippen molar-refractivity contribution in [2.75, 3.05) is 18.4 Å². The molecule has 0 bridgehead atoms. The van der Waals surface area contributed by atoms with E-state index in [4.69, 9.17) is 4.52 Å². The van der Waals surface area contributed by atoms with Gasteiger partial charge in [-0.2, -0.15) is 10.1 Å². The van der Waals surface area contributed by atoms with Crippen LogP contribution in [-0.4, -0.2) is 43.8 Å². The van der Waals surface area contributed by atoms with Gasteiger partial charge in [-0.3, -0.25) is 14.4 Å². The van der Waals surface area contributed by atoms with Crippen LogP contribution in [0.25, 0.3) is 0 Å². The first kappa shape index (κ1) is 16.3. The Morgan fingerprint density at radius 1 is 1.32 bits per heavy atom. The number of hydrogen-bond donors (Lipinski definition) is 1. The minimum Gasteiger partial charge on any atom is -0.339 e. The lowest BCUT2D eigenvalue weighted by atomic mass is 10.2. The zero-order valence-corrected chi connectivity index (χ0v) is 14.9. The maximum Gasteiger partial charge on any atom is 0.238 e. The molecule has 1 amide bonds. The molecule has 8 heteroatoms.